The van der Waals surface area contributed by atoms with Crippen LogP contribution in [0.1, 0.15) is 10.4 Å². The number of thioether (sulfide) groups is 1. The van der Waals surface area contributed by atoms with Crippen LogP contribution in [-0.2, 0) is 4.79 Å². The summed E-state index contributed by atoms with van der Waals surface area (Å²) in [5.74, 6) is -3.80. The molecule has 2 rings (SSSR count). The fraction of sp³-hybridized carbons (Fsp3) is 0.273. The van der Waals surface area contributed by atoms with Crippen LogP contribution in [0.5, 0.6) is 0 Å². The summed E-state index contributed by atoms with van der Waals surface area (Å²) in [5.41, 5.74) is -0.481. The van der Waals surface area contributed by atoms with Crippen molar-refractivity contribution in [3.63, 3.8) is 0 Å². The highest BCUT2D eigenvalue weighted by Crippen LogP contribution is 2.17. The van der Waals surface area contributed by atoms with E-state index in [1.165, 1.54) is 0 Å². The van der Waals surface area contributed by atoms with Crippen molar-refractivity contribution >= 4 is 28.8 Å². The zero-order chi connectivity index (χ0) is 14.7. The SMILES string of the molecule is O=C(NCCN1C(=O)CSC1=O)c1ccnc(F)c1F. The molecule has 1 aliphatic rings. The Morgan fingerprint density at radius 1 is 1.45 bits per heavy atom. The lowest BCUT2D eigenvalue weighted by atomic mass is 10.2. The van der Waals surface area contributed by atoms with Gasteiger partial charge in [0, 0.05) is 19.3 Å². The third kappa shape index (κ3) is 2.93. The summed E-state index contributed by atoms with van der Waals surface area (Å²) in [4.78, 5) is 38.2. The number of hydrogen-bond acceptors (Lipinski definition) is 5. The molecule has 106 valence electrons. The molecule has 0 bridgehead atoms. The number of nitrogens with zero attached hydrogens (tertiary/aromatic N) is 2. The summed E-state index contributed by atoms with van der Waals surface area (Å²) in [6, 6.07) is 1.04. The van der Waals surface area contributed by atoms with Crippen molar-refractivity contribution in [2.24, 2.45) is 0 Å². The normalized spacial score (nSPS) is 14.8. The number of rotatable bonds is 4. The number of pyridine rings is 1. The van der Waals surface area contributed by atoms with Crippen LogP contribution >= 0.6 is 11.8 Å². The van der Waals surface area contributed by atoms with E-state index in [1.54, 1.807) is 0 Å². The molecule has 6 nitrogen and oxygen atoms in total. The van der Waals surface area contributed by atoms with Gasteiger partial charge in [-0.25, -0.2) is 9.37 Å². The largest absolute Gasteiger partial charge is 0.350 e. The Morgan fingerprint density at radius 3 is 2.85 bits per heavy atom. The van der Waals surface area contributed by atoms with Crippen molar-refractivity contribution in [3.05, 3.63) is 29.6 Å². The molecule has 1 aromatic rings. The van der Waals surface area contributed by atoms with Gasteiger partial charge in [-0.3, -0.25) is 19.3 Å². The van der Waals surface area contributed by atoms with Crippen molar-refractivity contribution in [3.8, 4) is 0 Å². The first kappa shape index (κ1) is 14.4. The van der Waals surface area contributed by atoms with Gasteiger partial charge in [0.15, 0.2) is 5.82 Å². The van der Waals surface area contributed by atoms with Crippen LogP contribution in [0.15, 0.2) is 12.3 Å². The number of aromatic nitrogens is 1. The summed E-state index contributed by atoms with van der Waals surface area (Å²) in [7, 11) is 0. The summed E-state index contributed by atoms with van der Waals surface area (Å²) in [6.07, 6.45) is 0.970. The Kier molecular flexibility index (Phi) is 4.28. The molecule has 0 aromatic carbocycles. The van der Waals surface area contributed by atoms with E-state index in [2.05, 4.69) is 10.3 Å². The van der Waals surface area contributed by atoms with Crippen LogP contribution in [0, 0.1) is 11.8 Å². The number of nitrogens with one attached hydrogen (secondary N) is 1. The summed E-state index contributed by atoms with van der Waals surface area (Å²) < 4.78 is 26.1. The number of carbonyl (C=O) groups excluding carboxylic acids is 3. The number of imide groups is 1. The standard InChI is InChI=1S/C11H9F2N3O3S/c12-8-6(1-2-14-9(8)13)10(18)15-3-4-16-7(17)5-20-11(16)19/h1-2H,3-5H2,(H,15,18). The fourth-order valence-electron chi connectivity index (χ4n) is 1.57. The lowest BCUT2D eigenvalue weighted by molar-refractivity contribution is -0.124. The zero-order valence-electron chi connectivity index (χ0n) is 10.1. The van der Waals surface area contributed by atoms with Crippen LogP contribution in [0.3, 0.4) is 0 Å². The predicted molar refractivity (Wildman–Crippen MR) is 66.1 cm³/mol. The van der Waals surface area contributed by atoms with Crippen molar-refractivity contribution in [2.75, 3.05) is 18.8 Å². The first-order chi connectivity index (χ1) is 9.50. The van der Waals surface area contributed by atoms with E-state index in [0.717, 1.165) is 28.9 Å². The lowest BCUT2D eigenvalue weighted by Crippen LogP contribution is -2.37. The fourth-order valence-corrected chi connectivity index (χ4v) is 2.32. The van der Waals surface area contributed by atoms with E-state index in [0.29, 0.717) is 0 Å². The molecule has 9 heteroatoms. The molecule has 0 saturated carbocycles. The molecule has 2 heterocycles. The number of halogens is 2. The Morgan fingerprint density at radius 2 is 2.20 bits per heavy atom. The highest BCUT2D eigenvalue weighted by Gasteiger charge is 2.29. The lowest BCUT2D eigenvalue weighted by Gasteiger charge is -2.13. The van der Waals surface area contributed by atoms with Gasteiger partial charge in [0.1, 0.15) is 0 Å². The molecule has 1 fully saturated rings. The second-order valence-electron chi connectivity index (χ2n) is 3.82. The van der Waals surface area contributed by atoms with Crippen molar-refractivity contribution in [1.29, 1.82) is 0 Å². The Bertz CT molecular complexity index is 566. The van der Waals surface area contributed by atoms with Crippen LogP contribution in [0.4, 0.5) is 13.6 Å². The third-order valence-electron chi connectivity index (χ3n) is 2.55. The first-order valence-corrected chi connectivity index (χ1v) is 6.54. The van der Waals surface area contributed by atoms with E-state index >= 15 is 0 Å². The Balaban J connectivity index is 1.91. The van der Waals surface area contributed by atoms with Crippen LogP contribution in [0.25, 0.3) is 0 Å². The maximum Gasteiger partial charge on any atom is 0.288 e. The second-order valence-corrected chi connectivity index (χ2v) is 4.75. The van der Waals surface area contributed by atoms with Crippen molar-refractivity contribution < 1.29 is 23.2 Å². The molecule has 1 aromatic heterocycles. The monoisotopic (exact) mass is 301 g/mol. The van der Waals surface area contributed by atoms with E-state index in [1.807, 2.05) is 0 Å². The molecule has 0 aliphatic carbocycles. The second kappa shape index (κ2) is 5.95. The quantitative estimate of drug-likeness (QED) is 0.832. The number of amides is 3. The average molecular weight is 301 g/mol. The smallest absolute Gasteiger partial charge is 0.288 e. The van der Waals surface area contributed by atoms with Crippen molar-refractivity contribution in [1.82, 2.24) is 15.2 Å². The van der Waals surface area contributed by atoms with Gasteiger partial charge in [-0.15, -0.1) is 0 Å². The molecule has 0 radical (unpaired) electrons. The minimum absolute atomic E-state index is 0.00834. The van der Waals surface area contributed by atoms with E-state index in [4.69, 9.17) is 0 Å². The van der Waals surface area contributed by atoms with Crippen molar-refractivity contribution in [2.45, 2.75) is 0 Å². The van der Waals surface area contributed by atoms with Gasteiger partial charge in [0.2, 0.25) is 11.9 Å². The molecule has 0 atom stereocenters. The highest BCUT2D eigenvalue weighted by molar-refractivity contribution is 8.14. The maximum absolute atomic E-state index is 13.3. The molecule has 0 unspecified atom stereocenters. The minimum Gasteiger partial charge on any atom is -0.350 e. The molecule has 20 heavy (non-hydrogen) atoms. The van der Waals surface area contributed by atoms with E-state index in [-0.39, 0.29) is 30.0 Å². The predicted octanol–water partition coefficient (Wildman–Crippen LogP) is 0.785. The van der Waals surface area contributed by atoms with Gasteiger partial charge in [0.05, 0.1) is 11.3 Å². The van der Waals surface area contributed by atoms with Crippen LogP contribution < -0.4 is 5.32 Å². The minimum atomic E-state index is -1.36. The topological polar surface area (TPSA) is 79.4 Å². The molecule has 1 saturated heterocycles. The summed E-state index contributed by atoms with van der Waals surface area (Å²) >= 11 is 0.880. The maximum atomic E-state index is 13.3. The van der Waals surface area contributed by atoms with Gasteiger partial charge in [0.25, 0.3) is 11.1 Å². The van der Waals surface area contributed by atoms with Gasteiger partial charge < -0.3 is 5.32 Å². The average Bonchev–Trinajstić information content (AvgIpc) is 2.73. The molecule has 1 aliphatic heterocycles. The number of carbonyl (C=O) groups is 3. The molecule has 0 spiro atoms. The van der Waals surface area contributed by atoms with E-state index < -0.39 is 23.2 Å². The number of hydrogen-bond donors (Lipinski definition) is 1. The van der Waals surface area contributed by atoms with Gasteiger partial charge in [-0.2, -0.15) is 4.39 Å². The molecular formula is C11H9F2N3O3S. The highest BCUT2D eigenvalue weighted by atomic mass is 32.2. The molecule has 3 amide bonds. The van der Waals surface area contributed by atoms with Gasteiger partial charge in [-0.1, -0.05) is 11.8 Å². The summed E-state index contributed by atoms with van der Waals surface area (Å²) in [5, 5.41) is 1.92. The molecule has 1 N–H and O–H groups in total. The Labute approximate surface area is 116 Å². The molecular weight excluding hydrogens is 292 g/mol. The van der Waals surface area contributed by atoms with Gasteiger partial charge in [-0.05, 0) is 6.07 Å². The van der Waals surface area contributed by atoms with Crippen LogP contribution in [-0.4, -0.2) is 45.8 Å². The zero-order valence-corrected chi connectivity index (χ0v) is 10.9. The summed E-state index contributed by atoms with van der Waals surface area (Å²) in [6.45, 7) is -0.0498. The van der Waals surface area contributed by atoms with Crippen LogP contribution in [0.2, 0.25) is 0 Å². The van der Waals surface area contributed by atoms with E-state index in [9.17, 15) is 23.2 Å². The Hall–Kier alpha value is -2.03. The third-order valence-corrected chi connectivity index (χ3v) is 3.41. The first-order valence-electron chi connectivity index (χ1n) is 5.56. The van der Waals surface area contributed by atoms with Gasteiger partial charge >= 0.3 is 0 Å².